The van der Waals surface area contributed by atoms with Gasteiger partial charge < -0.3 is 10.1 Å². The number of thiophene rings is 2. The Labute approximate surface area is 151 Å². The Morgan fingerprint density at radius 2 is 1.79 bits per heavy atom. The minimum Gasteiger partial charge on any atom is -0.457 e. The molecule has 1 N–H and O–H groups in total. The Kier molecular flexibility index (Phi) is 5.68. The third-order valence-electron chi connectivity index (χ3n) is 3.02. The van der Waals surface area contributed by atoms with Gasteiger partial charge in [0.1, 0.15) is 11.5 Å². The van der Waals surface area contributed by atoms with Gasteiger partial charge in [-0.05, 0) is 40.7 Å². The molecule has 0 radical (unpaired) electrons. The number of nitrogens with one attached hydrogen (secondary N) is 1. The Hall–Kier alpha value is -2.09. The van der Waals surface area contributed by atoms with E-state index < -0.39 is 0 Å². The van der Waals surface area contributed by atoms with Gasteiger partial charge in [-0.3, -0.25) is 4.79 Å². The molecule has 0 saturated carbocycles. The van der Waals surface area contributed by atoms with E-state index in [1.807, 2.05) is 41.1 Å². The molecule has 4 nitrogen and oxygen atoms in total. The summed E-state index contributed by atoms with van der Waals surface area (Å²) in [6.07, 6.45) is 0. The van der Waals surface area contributed by atoms with Crippen LogP contribution in [0.15, 0.2) is 63.5 Å². The lowest BCUT2D eigenvalue weighted by molar-refractivity contribution is 0.0479. The van der Waals surface area contributed by atoms with E-state index in [4.69, 9.17) is 4.74 Å². The maximum Gasteiger partial charge on any atom is 0.348 e. The monoisotopic (exact) mass is 375 g/mol. The first-order valence-electron chi connectivity index (χ1n) is 7.03. The van der Waals surface area contributed by atoms with Crippen LogP contribution in [-0.4, -0.2) is 11.2 Å². The highest BCUT2D eigenvalue weighted by Crippen LogP contribution is 2.26. The predicted molar refractivity (Wildman–Crippen MR) is 99.1 cm³/mol. The topological polar surface area (TPSA) is 55.4 Å². The average molecular weight is 375 g/mol. The van der Waals surface area contributed by atoms with E-state index in [1.54, 1.807) is 18.2 Å². The molecule has 1 aromatic carbocycles. The molecule has 0 aliphatic carbocycles. The molecule has 7 heteroatoms. The number of hydrogen-bond donors (Lipinski definition) is 1. The molecular formula is C17H13NO3S3. The first kappa shape index (κ1) is 16.8. The average Bonchev–Trinajstić information content (AvgIpc) is 3.27. The number of esters is 1. The number of thioether (sulfide) groups is 1. The van der Waals surface area contributed by atoms with Crippen molar-refractivity contribution in [1.29, 1.82) is 0 Å². The van der Waals surface area contributed by atoms with Gasteiger partial charge in [-0.15, -0.1) is 22.7 Å². The number of hydrogen-bond acceptors (Lipinski definition) is 6. The van der Waals surface area contributed by atoms with Crippen molar-refractivity contribution in [3.63, 3.8) is 0 Å². The number of rotatable bonds is 5. The Balaban J connectivity index is 1.62. The van der Waals surface area contributed by atoms with E-state index in [2.05, 4.69) is 5.32 Å². The maximum atomic E-state index is 12.1. The van der Waals surface area contributed by atoms with Gasteiger partial charge in [0.05, 0.1) is 4.21 Å². The lowest BCUT2D eigenvalue weighted by atomic mass is 10.2. The summed E-state index contributed by atoms with van der Waals surface area (Å²) in [5.41, 5.74) is 1.40. The largest absolute Gasteiger partial charge is 0.457 e. The predicted octanol–water partition coefficient (Wildman–Crippen LogP) is 5.49. The number of benzene rings is 1. The van der Waals surface area contributed by atoms with Crippen molar-refractivity contribution in [3.8, 4) is 0 Å². The van der Waals surface area contributed by atoms with Crippen molar-refractivity contribution in [2.24, 2.45) is 0 Å². The molecule has 3 aromatic rings. The molecule has 0 bridgehead atoms. The summed E-state index contributed by atoms with van der Waals surface area (Å²) in [5.74, 6) is -0.362. The highest BCUT2D eigenvalue weighted by atomic mass is 32.2. The minimum atomic E-state index is -0.362. The quantitative estimate of drug-likeness (QED) is 0.473. The number of carbonyl (C=O) groups is 2. The Morgan fingerprint density at radius 1 is 1.00 bits per heavy atom. The molecule has 0 fully saturated rings. The molecule has 0 aliphatic heterocycles. The number of anilines is 1. The second-order valence-electron chi connectivity index (χ2n) is 4.66. The van der Waals surface area contributed by atoms with Crippen LogP contribution in [0.4, 0.5) is 10.5 Å². The number of carbonyl (C=O) groups excluding carboxylic acids is 2. The van der Waals surface area contributed by atoms with Crippen molar-refractivity contribution in [2.75, 3.05) is 5.32 Å². The number of para-hydroxylation sites is 1. The van der Waals surface area contributed by atoms with E-state index in [1.165, 1.54) is 22.7 Å². The fourth-order valence-electron chi connectivity index (χ4n) is 1.93. The van der Waals surface area contributed by atoms with Crippen LogP contribution in [0, 0.1) is 0 Å². The van der Waals surface area contributed by atoms with Crippen LogP contribution in [0.5, 0.6) is 0 Å². The lowest BCUT2D eigenvalue weighted by Crippen LogP contribution is -2.09. The second kappa shape index (κ2) is 8.14. The van der Waals surface area contributed by atoms with Crippen molar-refractivity contribution in [3.05, 3.63) is 69.7 Å². The molecular weight excluding hydrogens is 362 g/mol. The normalized spacial score (nSPS) is 10.3. The zero-order chi connectivity index (χ0) is 16.8. The summed E-state index contributed by atoms with van der Waals surface area (Å²) in [5, 5.41) is 6.43. The lowest BCUT2D eigenvalue weighted by Gasteiger charge is -2.10. The van der Waals surface area contributed by atoms with Crippen LogP contribution in [0.2, 0.25) is 0 Å². The van der Waals surface area contributed by atoms with Gasteiger partial charge >= 0.3 is 5.97 Å². The zero-order valence-corrected chi connectivity index (χ0v) is 14.9. The molecule has 2 aromatic heterocycles. The van der Waals surface area contributed by atoms with Crippen LogP contribution < -0.4 is 5.32 Å². The van der Waals surface area contributed by atoms with Gasteiger partial charge in [0.15, 0.2) is 0 Å². The maximum absolute atomic E-state index is 12.1. The van der Waals surface area contributed by atoms with E-state index in [9.17, 15) is 9.59 Å². The SMILES string of the molecule is O=C(Nc1ccccc1COC(=O)c1cccs1)Sc1cccs1. The zero-order valence-electron chi connectivity index (χ0n) is 12.4. The van der Waals surface area contributed by atoms with Gasteiger partial charge in [0, 0.05) is 11.3 Å². The first-order valence-corrected chi connectivity index (χ1v) is 9.61. The van der Waals surface area contributed by atoms with Crippen molar-refractivity contribution in [2.45, 2.75) is 10.8 Å². The molecule has 2 heterocycles. The van der Waals surface area contributed by atoms with Gasteiger partial charge in [0.25, 0.3) is 5.24 Å². The van der Waals surface area contributed by atoms with Gasteiger partial charge in [-0.25, -0.2) is 4.79 Å². The van der Waals surface area contributed by atoms with E-state index >= 15 is 0 Å². The summed E-state index contributed by atoms with van der Waals surface area (Å²) >= 11 is 3.99. The fourth-order valence-corrected chi connectivity index (χ4v) is 4.07. The van der Waals surface area contributed by atoms with Gasteiger partial charge in [0.2, 0.25) is 0 Å². The molecule has 0 unspecified atom stereocenters. The molecule has 1 amide bonds. The summed E-state index contributed by atoms with van der Waals surface area (Å²) in [7, 11) is 0. The molecule has 0 aliphatic rings. The minimum absolute atomic E-state index is 0.108. The third-order valence-corrected chi connectivity index (χ3v) is 5.70. The van der Waals surface area contributed by atoms with Crippen molar-refractivity contribution < 1.29 is 14.3 Å². The molecule has 0 atom stereocenters. The number of amides is 1. The molecule has 0 saturated heterocycles. The van der Waals surface area contributed by atoms with Crippen LogP contribution in [0.1, 0.15) is 15.2 Å². The van der Waals surface area contributed by atoms with Crippen LogP contribution >= 0.6 is 34.4 Å². The summed E-state index contributed by atoms with van der Waals surface area (Å²) in [4.78, 5) is 24.6. The Morgan fingerprint density at radius 3 is 2.54 bits per heavy atom. The highest BCUT2D eigenvalue weighted by Gasteiger charge is 2.12. The van der Waals surface area contributed by atoms with Crippen molar-refractivity contribution >= 4 is 51.3 Å². The van der Waals surface area contributed by atoms with Crippen LogP contribution in [0.3, 0.4) is 0 Å². The third kappa shape index (κ3) is 4.47. The fraction of sp³-hybridized carbons (Fsp3) is 0.0588. The molecule has 122 valence electrons. The molecule has 0 spiro atoms. The summed E-state index contributed by atoms with van der Waals surface area (Å²) in [6, 6.07) is 14.6. The molecule has 3 rings (SSSR count). The van der Waals surface area contributed by atoms with Gasteiger partial charge in [-0.2, -0.15) is 0 Å². The first-order chi connectivity index (χ1) is 11.7. The van der Waals surface area contributed by atoms with Crippen LogP contribution in [0.25, 0.3) is 0 Å². The van der Waals surface area contributed by atoms with Crippen LogP contribution in [-0.2, 0) is 11.3 Å². The van der Waals surface area contributed by atoms with E-state index in [0.717, 1.165) is 21.5 Å². The van der Waals surface area contributed by atoms with Crippen molar-refractivity contribution in [1.82, 2.24) is 0 Å². The highest BCUT2D eigenvalue weighted by molar-refractivity contribution is 8.15. The van der Waals surface area contributed by atoms with E-state index in [0.29, 0.717) is 10.6 Å². The standard InChI is InChI=1S/C17H13NO3S3/c19-16(14-7-3-9-22-14)21-11-12-5-1-2-6-13(12)18-17(20)24-15-8-4-10-23-15/h1-10H,11H2,(H,18,20). The van der Waals surface area contributed by atoms with Gasteiger partial charge in [-0.1, -0.05) is 30.3 Å². The Bertz CT molecular complexity index is 813. The molecule has 24 heavy (non-hydrogen) atoms. The number of ether oxygens (including phenoxy) is 1. The second-order valence-corrected chi connectivity index (χ2v) is 7.83. The summed E-state index contributed by atoms with van der Waals surface area (Å²) < 4.78 is 6.24. The van der Waals surface area contributed by atoms with E-state index in [-0.39, 0.29) is 17.8 Å². The summed E-state index contributed by atoms with van der Waals surface area (Å²) in [6.45, 7) is 0.108. The smallest absolute Gasteiger partial charge is 0.348 e.